The van der Waals surface area contributed by atoms with E-state index in [1.807, 2.05) is 55.1 Å². The average Bonchev–Trinajstić information content (AvgIpc) is 3.45. The first-order valence-electron chi connectivity index (χ1n) is 14.9. The van der Waals surface area contributed by atoms with E-state index in [4.69, 9.17) is 9.72 Å². The standard InChI is InChI=1S/C33H39N7O2/c1-5-23-9-7-8-22(3)30(23)36-32(41)26-14-15-40-28(26)13-10-24-21-34-33(37-31(24)40)35-27-12-11-25(20-29(27)42-6-2)39-18-16-38(4)17-19-39/h7-9,11-12,14-15,20-21H,5-6,10,13,16-19H2,1-4H3,(H,36,41)(H,34,35,37). The number of hydrogen-bond acceptors (Lipinski definition) is 7. The topological polar surface area (TPSA) is 87.6 Å². The fraction of sp³-hybridized carbons (Fsp3) is 0.364. The molecule has 42 heavy (non-hydrogen) atoms. The van der Waals surface area contributed by atoms with Gasteiger partial charge in [0.05, 0.1) is 17.9 Å². The predicted octanol–water partition coefficient (Wildman–Crippen LogP) is 5.38. The van der Waals surface area contributed by atoms with Crippen LogP contribution in [0.15, 0.2) is 54.9 Å². The fourth-order valence-corrected chi connectivity index (χ4v) is 5.88. The van der Waals surface area contributed by atoms with Crippen molar-refractivity contribution < 1.29 is 9.53 Å². The molecular formula is C33H39N7O2. The number of aromatic nitrogens is 3. The Morgan fingerprint density at radius 3 is 2.67 bits per heavy atom. The lowest BCUT2D eigenvalue weighted by molar-refractivity contribution is 0.102. The quantitative estimate of drug-likeness (QED) is 0.297. The Bertz CT molecular complexity index is 1600. The van der Waals surface area contributed by atoms with Crippen LogP contribution < -0.4 is 20.3 Å². The van der Waals surface area contributed by atoms with Gasteiger partial charge in [-0.15, -0.1) is 0 Å². The second kappa shape index (κ2) is 11.9. The lowest BCUT2D eigenvalue weighted by atomic mass is 10.0. The molecule has 2 aromatic carbocycles. The Kier molecular flexibility index (Phi) is 7.84. The van der Waals surface area contributed by atoms with Crippen LogP contribution in [0.25, 0.3) is 5.82 Å². The Balaban J connectivity index is 1.25. The molecule has 6 rings (SSSR count). The van der Waals surface area contributed by atoms with E-state index in [9.17, 15) is 4.79 Å². The predicted molar refractivity (Wildman–Crippen MR) is 168 cm³/mol. The van der Waals surface area contributed by atoms with E-state index in [0.717, 1.165) is 96.5 Å². The minimum absolute atomic E-state index is 0.0922. The van der Waals surface area contributed by atoms with Crippen molar-refractivity contribution in [3.63, 3.8) is 0 Å². The van der Waals surface area contributed by atoms with E-state index in [0.29, 0.717) is 18.1 Å². The van der Waals surface area contributed by atoms with Gasteiger partial charge in [-0.2, -0.15) is 4.98 Å². The molecule has 0 saturated carbocycles. The van der Waals surface area contributed by atoms with Crippen molar-refractivity contribution >= 4 is 28.9 Å². The molecule has 0 unspecified atom stereocenters. The molecule has 2 N–H and O–H groups in total. The van der Waals surface area contributed by atoms with Crippen LogP contribution in [0.5, 0.6) is 5.75 Å². The summed E-state index contributed by atoms with van der Waals surface area (Å²) in [5.74, 6) is 1.97. The van der Waals surface area contributed by atoms with Gasteiger partial charge < -0.3 is 29.7 Å². The molecule has 218 valence electrons. The maximum atomic E-state index is 13.5. The number of carbonyl (C=O) groups is 1. The maximum absolute atomic E-state index is 13.5. The Labute approximate surface area is 247 Å². The van der Waals surface area contributed by atoms with Gasteiger partial charge in [-0.05, 0) is 69.5 Å². The van der Waals surface area contributed by atoms with Crippen molar-refractivity contribution in [1.29, 1.82) is 0 Å². The number of amides is 1. The second-order valence-electron chi connectivity index (χ2n) is 11.0. The highest BCUT2D eigenvalue weighted by atomic mass is 16.5. The third-order valence-electron chi connectivity index (χ3n) is 8.30. The number of hydrogen-bond donors (Lipinski definition) is 2. The zero-order valence-electron chi connectivity index (χ0n) is 24.9. The molecule has 2 aromatic heterocycles. The van der Waals surface area contributed by atoms with Gasteiger partial charge in [0.15, 0.2) is 0 Å². The summed E-state index contributed by atoms with van der Waals surface area (Å²) in [5.41, 5.74) is 7.77. The number of fused-ring (bicyclic) bond motifs is 3. The molecule has 9 nitrogen and oxygen atoms in total. The molecule has 0 spiro atoms. The van der Waals surface area contributed by atoms with E-state index < -0.39 is 0 Å². The monoisotopic (exact) mass is 565 g/mol. The minimum atomic E-state index is -0.0922. The summed E-state index contributed by atoms with van der Waals surface area (Å²) in [5, 5.41) is 6.57. The summed E-state index contributed by atoms with van der Waals surface area (Å²) in [6.45, 7) is 10.8. The zero-order valence-corrected chi connectivity index (χ0v) is 24.9. The molecule has 2 aliphatic rings. The number of anilines is 4. The number of nitrogens with one attached hydrogen (secondary N) is 2. The van der Waals surface area contributed by atoms with Crippen molar-refractivity contribution in [3.05, 3.63) is 82.8 Å². The average molecular weight is 566 g/mol. The normalized spacial score (nSPS) is 14.7. The highest BCUT2D eigenvalue weighted by Crippen LogP contribution is 2.34. The van der Waals surface area contributed by atoms with Gasteiger partial charge in [0, 0.05) is 67.3 Å². The first-order valence-corrected chi connectivity index (χ1v) is 14.9. The number of likely N-dealkylation sites (N-methyl/N-ethyl adjacent to an activating group) is 1. The van der Waals surface area contributed by atoms with Crippen LogP contribution in [0.4, 0.5) is 23.0 Å². The number of rotatable bonds is 8. The van der Waals surface area contributed by atoms with Crippen molar-refractivity contribution in [2.24, 2.45) is 0 Å². The third kappa shape index (κ3) is 5.44. The molecule has 0 aliphatic carbocycles. The summed E-state index contributed by atoms with van der Waals surface area (Å²) in [6, 6.07) is 14.3. The molecule has 4 heterocycles. The summed E-state index contributed by atoms with van der Waals surface area (Å²) < 4.78 is 8.06. The van der Waals surface area contributed by atoms with Crippen LogP contribution in [0, 0.1) is 6.92 Å². The molecule has 4 aromatic rings. The fourth-order valence-electron chi connectivity index (χ4n) is 5.88. The van der Waals surface area contributed by atoms with Crippen LogP contribution in [0.1, 0.15) is 46.6 Å². The first-order chi connectivity index (χ1) is 20.4. The molecule has 0 bridgehead atoms. The lowest BCUT2D eigenvalue weighted by Crippen LogP contribution is -2.44. The highest BCUT2D eigenvalue weighted by Gasteiger charge is 2.25. The first kappa shape index (κ1) is 27.8. The van der Waals surface area contributed by atoms with E-state index in [1.165, 1.54) is 0 Å². The van der Waals surface area contributed by atoms with Gasteiger partial charge in [-0.25, -0.2) is 4.98 Å². The van der Waals surface area contributed by atoms with Gasteiger partial charge in [-0.3, -0.25) is 4.79 Å². The minimum Gasteiger partial charge on any atom is -0.492 e. The number of carbonyl (C=O) groups excluding carboxylic acids is 1. The van der Waals surface area contributed by atoms with Gasteiger partial charge in [0.1, 0.15) is 11.6 Å². The van der Waals surface area contributed by atoms with Crippen LogP contribution >= 0.6 is 0 Å². The van der Waals surface area contributed by atoms with E-state index in [1.54, 1.807) is 0 Å². The molecule has 0 radical (unpaired) electrons. The summed E-state index contributed by atoms with van der Waals surface area (Å²) in [6.07, 6.45) is 6.19. The van der Waals surface area contributed by atoms with Gasteiger partial charge in [0.25, 0.3) is 5.91 Å². The van der Waals surface area contributed by atoms with Crippen LogP contribution in [0.3, 0.4) is 0 Å². The second-order valence-corrected chi connectivity index (χ2v) is 11.0. The largest absolute Gasteiger partial charge is 0.492 e. The van der Waals surface area contributed by atoms with Gasteiger partial charge >= 0.3 is 0 Å². The number of aryl methyl sites for hydroxylation is 3. The molecule has 1 fully saturated rings. The van der Waals surface area contributed by atoms with Crippen molar-refractivity contribution in [3.8, 4) is 11.6 Å². The third-order valence-corrected chi connectivity index (χ3v) is 8.30. The number of piperazine rings is 1. The van der Waals surface area contributed by atoms with Crippen LogP contribution in [0.2, 0.25) is 0 Å². The smallest absolute Gasteiger partial charge is 0.257 e. The van der Waals surface area contributed by atoms with E-state index in [2.05, 4.69) is 57.6 Å². The Morgan fingerprint density at radius 2 is 1.88 bits per heavy atom. The summed E-state index contributed by atoms with van der Waals surface area (Å²) in [7, 11) is 2.16. The number of para-hydroxylation sites is 1. The summed E-state index contributed by atoms with van der Waals surface area (Å²) in [4.78, 5) is 27.7. The molecule has 1 amide bonds. The summed E-state index contributed by atoms with van der Waals surface area (Å²) >= 11 is 0. The number of nitrogens with zero attached hydrogens (tertiary/aromatic N) is 5. The van der Waals surface area contributed by atoms with Crippen molar-refractivity contribution in [2.75, 3.05) is 55.4 Å². The van der Waals surface area contributed by atoms with E-state index >= 15 is 0 Å². The molecule has 0 atom stereocenters. The number of benzene rings is 2. The maximum Gasteiger partial charge on any atom is 0.257 e. The Morgan fingerprint density at radius 1 is 1.05 bits per heavy atom. The Hall–Kier alpha value is -4.37. The SMILES string of the molecule is CCOc1cc(N2CCN(C)CC2)ccc1Nc1ncc2c(n1)-n1ccc(C(=O)Nc3c(C)cccc3CC)c1CC2. The molecule has 9 heteroatoms. The lowest BCUT2D eigenvalue weighted by Gasteiger charge is -2.34. The van der Waals surface area contributed by atoms with Gasteiger partial charge in [0.2, 0.25) is 5.95 Å². The van der Waals surface area contributed by atoms with Gasteiger partial charge in [-0.1, -0.05) is 25.1 Å². The highest BCUT2D eigenvalue weighted by molar-refractivity contribution is 6.06. The van der Waals surface area contributed by atoms with Crippen molar-refractivity contribution in [1.82, 2.24) is 19.4 Å². The van der Waals surface area contributed by atoms with Crippen molar-refractivity contribution in [2.45, 2.75) is 40.0 Å². The van der Waals surface area contributed by atoms with E-state index in [-0.39, 0.29) is 5.91 Å². The molecular weight excluding hydrogens is 526 g/mol. The van der Waals surface area contributed by atoms with Crippen LogP contribution in [-0.2, 0) is 19.3 Å². The number of ether oxygens (including phenoxy) is 1. The zero-order chi connectivity index (χ0) is 29.2. The molecule has 1 saturated heterocycles. The molecule has 2 aliphatic heterocycles. The van der Waals surface area contributed by atoms with Crippen LogP contribution in [-0.4, -0.2) is 65.2 Å².